The highest BCUT2D eigenvalue weighted by molar-refractivity contribution is 7.91. The summed E-state index contributed by atoms with van der Waals surface area (Å²) in [5.41, 5.74) is 1.48. The molecule has 0 radical (unpaired) electrons. The van der Waals surface area contributed by atoms with Crippen molar-refractivity contribution < 1.29 is 22.4 Å². The number of methoxy groups -OCH3 is 1. The van der Waals surface area contributed by atoms with Gasteiger partial charge in [-0.1, -0.05) is 6.92 Å². The van der Waals surface area contributed by atoms with Crippen molar-refractivity contribution in [2.24, 2.45) is 0 Å². The van der Waals surface area contributed by atoms with Crippen molar-refractivity contribution in [3.05, 3.63) is 30.0 Å². The highest BCUT2D eigenvalue weighted by Crippen LogP contribution is 2.27. The normalized spacial score (nSPS) is 19.2. The van der Waals surface area contributed by atoms with Crippen LogP contribution in [-0.2, 0) is 21.1 Å². The van der Waals surface area contributed by atoms with E-state index in [-0.39, 0.29) is 29.9 Å². The van der Waals surface area contributed by atoms with E-state index >= 15 is 0 Å². The Morgan fingerprint density at radius 3 is 2.84 bits per heavy atom. The van der Waals surface area contributed by atoms with Crippen molar-refractivity contribution in [2.75, 3.05) is 25.2 Å². The lowest BCUT2D eigenvalue weighted by molar-refractivity contribution is -0.132. The Morgan fingerprint density at radius 1 is 1.40 bits per heavy atom. The summed E-state index contributed by atoms with van der Waals surface area (Å²) >= 11 is 0. The number of rotatable bonds is 6. The number of benzene rings is 1. The number of fused-ring (bicyclic) bond motifs is 1. The van der Waals surface area contributed by atoms with Gasteiger partial charge in [-0.3, -0.25) is 4.79 Å². The molecule has 25 heavy (non-hydrogen) atoms. The second-order valence-corrected chi connectivity index (χ2v) is 8.67. The van der Waals surface area contributed by atoms with Crippen LogP contribution in [0.15, 0.2) is 28.9 Å². The SMILES string of the molecule is CCCN(C(=O)Cc1coc2cc(OC)ccc12)[C@@H]1CCS(=O)(=O)C1. The molecule has 1 fully saturated rings. The van der Waals surface area contributed by atoms with Crippen molar-refractivity contribution in [1.82, 2.24) is 4.90 Å². The number of hydrogen-bond acceptors (Lipinski definition) is 5. The van der Waals surface area contributed by atoms with E-state index in [1.54, 1.807) is 24.3 Å². The molecule has 1 saturated heterocycles. The molecule has 0 saturated carbocycles. The minimum absolute atomic E-state index is 0.0533. The Hall–Kier alpha value is -2.02. The van der Waals surface area contributed by atoms with Crippen LogP contribution in [0.25, 0.3) is 11.0 Å². The Kier molecular flexibility index (Phi) is 5.03. The number of hydrogen-bond donors (Lipinski definition) is 0. The topological polar surface area (TPSA) is 76.8 Å². The van der Waals surface area contributed by atoms with Crippen LogP contribution < -0.4 is 4.74 Å². The summed E-state index contributed by atoms with van der Waals surface area (Å²) in [5.74, 6) is 0.882. The molecule has 0 bridgehead atoms. The maximum atomic E-state index is 12.8. The van der Waals surface area contributed by atoms with Crippen LogP contribution in [0.1, 0.15) is 25.3 Å². The Balaban J connectivity index is 1.79. The molecule has 6 nitrogen and oxygen atoms in total. The molecule has 0 aliphatic carbocycles. The fourth-order valence-corrected chi connectivity index (χ4v) is 5.10. The molecule has 0 N–H and O–H groups in total. The molecule has 1 aliphatic heterocycles. The van der Waals surface area contributed by atoms with Gasteiger partial charge in [-0.2, -0.15) is 0 Å². The molecule has 0 unspecified atom stereocenters. The molecular formula is C18H23NO5S. The minimum Gasteiger partial charge on any atom is -0.497 e. The lowest BCUT2D eigenvalue weighted by atomic mass is 10.1. The molecule has 1 aromatic heterocycles. The van der Waals surface area contributed by atoms with Crippen molar-refractivity contribution in [3.63, 3.8) is 0 Å². The van der Waals surface area contributed by atoms with Gasteiger partial charge < -0.3 is 14.1 Å². The molecule has 1 aromatic carbocycles. The lowest BCUT2D eigenvalue weighted by Gasteiger charge is -2.28. The Bertz CT molecular complexity index is 871. The summed E-state index contributed by atoms with van der Waals surface area (Å²) in [7, 11) is -1.43. The molecule has 2 heterocycles. The summed E-state index contributed by atoms with van der Waals surface area (Å²) in [6, 6.07) is 5.29. The zero-order chi connectivity index (χ0) is 18.0. The molecule has 7 heteroatoms. The van der Waals surface area contributed by atoms with Crippen LogP contribution >= 0.6 is 0 Å². The number of amides is 1. The van der Waals surface area contributed by atoms with Gasteiger partial charge in [0.1, 0.15) is 11.3 Å². The van der Waals surface area contributed by atoms with Crippen LogP contribution in [0.2, 0.25) is 0 Å². The summed E-state index contributed by atoms with van der Waals surface area (Å²) in [4.78, 5) is 14.6. The number of sulfone groups is 1. The zero-order valence-electron chi connectivity index (χ0n) is 14.5. The van der Waals surface area contributed by atoms with E-state index in [4.69, 9.17) is 9.15 Å². The molecule has 0 spiro atoms. The molecule has 1 amide bonds. The van der Waals surface area contributed by atoms with Gasteiger partial charge >= 0.3 is 0 Å². The van der Waals surface area contributed by atoms with E-state index in [1.165, 1.54) is 0 Å². The van der Waals surface area contributed by atoms with Crippen LogP contribution in [0.4, 0.5) is 0 Å². The van der Waals surface area contributed by atoms with E-state index in [2.05, 4.69) is 0 Å². The van der Waals surface area contributed by atoms with E-state index in [1.807, 2.05) is 19.1 Å². The van der Waals surface area contributed by atoms with Gasteiger partial charge in [0.05, 0.1) is 31.3 Å². The average Bonchev–Trinajstić information content (AvgIpc) is 3.15. The van der Waals surface area contributed by atoms with Crippen LogP contribution in [0.3, 0.4) is 0 Å². The molecule has 3 rings (SSSR count). The lowest BCUT2D eigenvalue weighted by Crippen LogP contribution is -2.42. The fourth-order valence-electron chi connectivity index (χ4n) is 3.36. The van der Waals surface area contributed by atoms with E-state index < -0.39 is 9.84 Å². The second-order valence-electron chi connectivity index (χ2n) is 6.44. The fraction of sp³-hybridized carbons (Fsp3) is 0.500. The van der Waals surface area contributed by atoms with Crippen LogP contribution in [-0.4, -0.2) is 50.4 Å². The predicted molar refractivity (Wildman–Crippen MR) is 95.5 cm³/mol. The van der Waals surface area contributed by atoms with E-state index in [9.17, 15) is 13.2 Å². The van der Waals surface area contributed by atoms with Crippen LogP contribution in [0, 0.1) is 0 Å². The van der Waals surface area contributed by atoms with E-state index in [0.717, 1.165) is 17.4 Å². The Labute approximate surface area is 147 Å². The quantitative estimate of drug-likeness (QED) is 0.786. The molecule has 1 aliphatic rings. The first kappa shape index (κ1) is 17.8. The third kappa shape index (κ3) is 3.81. The summed E-state index contributed by atoms with van der Waals surface area (Å²) in [5, 5.41) is 0.879. The third-order valence-electron chi connectivity index (χ3n) is 4.64. The number of carbonyl (C=O) groups is 1. The first-order valence-corrected chi connectivity index (χ1v) is 10.3. The largest absolute Gasteiger partial charge is 0.497 e. The standard InChI is InChI=1S/C18H23NO5S/c1-3-7-19(14-6-8-25(21,22)12-14)18(20)9-13-11-24-17-10-15(23-2)4-5-16(13)17/h4-5,10-11,14H,3,6-9,12H2,1-2H3/t14-/m1/s1. The van der Waals surface area contributed by atoms with Gasteiger partial charge in [0, 0.05) is 29.6 Å². The minimum atomic E-state index is -3.02. The van der Waals surface area contributed by atoms with Gasteiger partial charge in [0.25, 0.3) is 0 Å². The smallest absolute Gasteiger partial charge is 0.227 e. The van der Waals surface area contributed by atoms with Gasteiger partial charge in [-0.05, 0) is 25.0 Å². The molecule has 1 atom stereocenters. The van der Waals surface area contributed by atoms with Gasteiger partial charge in [-0.15, -0.1) is 0 Å². The summed E-state index contributed by atoms with van der Waals surface area (Å²) < 4.78 is 34.2. The third-order valence-corrected chi connectivity index (χ3v) is 6.39. The highest BCUT2D eigenvalue weighted by atomic mass is 32.2. The van der Waals surface area contributed by atoms with Crippen molar-refractivity contribution in [2.45, 2.75) is 32.2 Å². The Morgan fingerprint density at radius 2 is 2.20 bits per heavy atom. The first-order valence-electron chi connectivity index (χ1n) is 8.47. The number of furan rings is 1. The van der Waals surface area contributed by atoms with Crippen molar-refractivity contribution in [1.29, 1.82) is 0 Å². The summed E-state index contributed by atoms with van der Waals surface area (Å²) in [6.07, 6.45) is 3.12. The van der Waals surface area contributed by atoms with Gasteiger partial charge in [0.15, 0.2) is 9.84 Å². The maximum absolute atomic E-state index is 12.8. The highest BCUT2D eigenvalue weighted by Gasteiger charge is 2.34. The first-order chi connectivity index (χ1) is 11.9. The van der Waals surface area contributed by atoms with Crippen molar-refractivity contribution >= 4 is 26.7 Å². The maximum Gasteiger partial charge on any atom is 0.227 e. The molecular weight excluding hydrogens is 342 g/mol. The number of ether oxygens (including phenoxy) is 1. The second kappa shape index (κ2) is 7.07. The van der Waals surface area contributed by atoms with Crippen LogP contribution in [0.5, 0.6) is 5.75 Å². The van der Waals surface area contributed by atoms with Crippen molar-refractivity contribution in [3.8, 4) is 5.75 Å². The van der Waals surface area contributed by atoms with Gasteiger partial charge in [0.2, 0.25) is 5.91 Å². The predicted octanol–water partition coefficient (Wildman–Crippen LogP) is 2.41. The summed E-state index contributed by atoms with van der Waals surface area (Å²) in [6.45, 7) is 2.56. The number of carbonyl (C=O) groups excluding carboxylic acids is 1. The average molecular weight is 365 g/mol. The molecule has 2 aromatic rings. The van der Waals surface area contributed by atoms with E-state index in [0.29, 0.717) is 24.3 Å². The zero-order valence-corrected chi connectivity index (χ0v) is 15.3. The monoisotopic (exact) mass is 365 g/mol. The number of nitrogens with zero attached hydrogens (tertiary/aromatic N) is 1. The molecule has 136 valence electrons. The van der Waals surface area contributed by atoms with Gasteiger partial charge in [-0.25, -0.2) is 8.42 Å².